The van der Waals surface area contributed by atoms with Crippen LogP contribution in [0, 0.1) is 0 Å². The van der Waals surface area contributed by atoms with E-state index < -0.39 is 0 Å². The Morgan fingerprint density at radius 1 is 1.50 bits per heavy atom. The Bertz CT molecular complexity index is 554. The molecule has 0 fully saturated rings. The van der Waals surface area contributed by atoms with Gasteiger partial charge in [-0.05, 0) is 39.3 Å². The molecule has 1 aromatic heterocycles. The third-order valence-electron chi connectivity index (χ3n) is 3.83. The molecule has 0 atom stereocenters. The zero-order chi connectivity index (χ0) is 17.4. The molecular weight excluding hydrogens is 308 g/mol. The molecule has 0 aromatic carbocycles. The fraction of sp³-hybridized carbons (Fsp3) is 0.706. The van der Waals surface area contributed by atoms with Crippen molar-refractivity contribution in [2.75, 3.05) is 33.3 Å². The molecule has 0 aliphatic carbocycles. The number of amides is 1. The number of aryl methyl sites for hydroxylation is 1. The SMILES string of the molecule is CC(C)OCCCNC(=O)CCc1nc(C2=CCN(C)CC2)no1. The predicted octanol–water partition coefficient (Wildman–Crippen LogP) is 1.65. The van der Waals surface area contributed by atoms with Crippen LogP contribution in [0.2, 0.25) is 0 Å². The number of hydrogen-bond donors (Lipinski definition) is 1. The zero-order valence-electron chi connectivity index (χ0n) is 14.9. The molecule has 134 valence electrons. The minimum Gasteiger partial charge on any atom is -0.379 e. The first kappa shape index (κ1) is 18.6. The van der Waals surface area contributed by atoms with E-state index in [4.69, 9.17) is 9.26 Å². The van der Waals surface area contributed by atoms with Crippen molar-refractivity contribution in [3.8, 4) is 0 Å². The third-order valence-corrected chi connectivity index (χ3v) is 3.83. The van der Waals surface area contributed by atoms with E-state index >= 15 is 0 Å². The Hall–Kier alpha value is -1.73. The molecule has 7 heteroatoms. The van der Waals surface area contributed by atoms with E-state index in [0.717, 1.165) is 31.5 Å². The maximum atomic E-state index is 11.8. The quantitative estimate of drug-likeness (QED) is 0.691. The van der Waals surface area contributed by atoms with Gasteiger partial charge in [-0.3, -0.25) is 4.79 Å². The molecule has 0 unspecified atom stereocenters. The summed E-state index contributed by atoms with van der Waals surface area (Å²) in [4.78, 5) is 18.4. The summed E-state index contributed by atoms with van der Waals surface area (Å²) in [5.74, 6) is 1.17. The van der Waals surface area contributed by atoms with Crippen molar-refractivity contribution in [3.05, 3.63) is 17.8 Å². The fourth-order valence-electron chi connectivity index (χ4n) is 2.39. The number of hydrogen-bond acceptors (Lipinski definition) is 6. The Morgan fingerprint density at radius 3 is 3.04 bits per heavy atom. The van der Waals surface area contributed by atoms with Crippen LogP contribution in [0.1, 0.15) is 44.8 Å². The average Bonchev–Trinajstić information content (AvgIpc) is 3.02. The summed E-state index contributed by atoms with van der Waals surface area (Å²) in [6.07, 6.45) is 4.92. The highest BCUT2D eigenvalue weighted by Gasteiger charge is 2.15. The Kier molecular flexibility index (Phi) is 7.39. The van der Waals surface area contributed by atoms with Gasteiger partial charge < -0.3 is 19.5 Å². The molecule has 7 nitrogen and oxygen atoms in total. The number of aromatic nitrogens is 2. The Morgan fingerprint density at radius 2 is 2.33 bits per heavy atom. The summed E-state index contributed by atoms with van der Waals surface area (Å²) < 4.78 is 10.7. The molecule has 24 heavy (non-hydrogen) atoms. The molecular formula is C17H28N4O3. The van der Waals surface area contributed by atoms with Crippen molar-refractivity contribution in [3.63, 3.8) is 0 Å². The third kappa shape index (κ3) is 6.41. The molecule has 1 amide bonds. The molecule has 0 spiro atoms. The van der Waals surface area contributed by atoms with Crippen LogP contribution in [0.4, 0.5) is 0 Å². The number of nitrogens with one attached hydrogen (secondary N) is 1. The summed E-state index contributed by atoms with van der Waals surface area (Å²) in [6.45, 7) is 7.19. The number of ether oxygens (including phenoxy) is 1. The summed E-state index contributed by atoms with van der Waals surface area (Å²) >= 11 is 0. The van der Waals surface area contributed by atoms with E-state index in [0.29, 0.717) is 37.7 Å². The smallest absolute Gasteiger partial charge is 0.227 e. The first-order chi connectivity index (χ1) is 11.5. The number of carbonyl (C=O) groups excluding carboxylic acids is 1. The maximum Gasteiger partial charge on any atom is 0.227 e. The largest absolute Gasteiger partial charge is 0.379 e. The summed E-state index contributed by atoms with van der Waals surface area (Å²) in [5, 5.41) is 6.90. The lowest BCUT2D eigenvalue weighted by molar-refractivity contribution is -0.121. The van der Waals surface area contributed by atoms with Gasteiger partial charge in [0.15, 0.2) is 5.82 Å². The normalized spacial score (nSPS) is 15.6. The lowest BCUT2D eigenvalue weighted by atomic mass is 10.1. The molecule has 2 heterocycles. The number of carbonyl (C=O) groups is 1. The van der Waals surface area contributed by atoms with Crippen molar-refractivity contribution in [2.45, 2.75) is 45.6 Å². The van der Waals surface area contributed by atoms with Gasteiger partial charge >= 0.3 is 0 Å². The molecule has 1 N–H and O–H groups in total. The van der Waals surface area contributed by atoms with Gasteiger partial charge in [-0.1, -0.05) is 11.2 Å². The average molecular weight is 336 g/mol. The van der Waals surface area contributed by atoms with Gasteiger partial charge in [0, 0.05) is 39.1 Å². The maximum absolute atomic E-state index is 11.8. The van der Waals surface area contributed by atoms with Gasteiger partial charge in [0.25, 0.3) is 0 Å². The lowest BCUT2D eigenvalue weighted by Gasteiger charge is -2.19. The number of nitrogens with zero attached hydrogens (tertiary/aromatic N) is 3. The van der Waals surface area contributed by atoms with Gasteiger partial charge in [0.1, 0.15) is 0 Å². The van der Waals surface area contributed by atoms with Crippen LogP contribution in [0.3, 0.4) is 0 Å². The number of rotatable bonds is 9. The van der Waals surface area contributed by atoms with Crippen molar-refractivity contribution in [2.24, 2.45) is 0 Å². The molecule has 0 saturated carbocycles. The topological polar surface area (TPSA) is 80.5 Å². The van der Waals surface area contributed by atoms with Gasteiger partial charge in [0.2, 0.25) is 11.8 Å². The van der Waals surface area contributed by atoms with E-state index in [-0.39, 0.29) is 12.0 Å². The highest BCUT2D eigenvalue weighted by Crippen LogP contribution is 2.19. The first-order valence-electron chi connectivity index (χ1n) is 8.63. The van der Waals surface area contributed by atoms with E-state index in [1.54, 1.807) is 0 Å². The summed E-state index contributed by atoms with van der Waals surface area (Å²) in [5.41, 5.74) is 1.12. The minimum absolute atomic E-state index is 0.00203. The monoisotopic (exact) mass is 336 g/mol. The van der Waals surface area contributed by atoms with E-state index in [1.165, 1.54) is 0 Å². The van der Waals surface area contributed by atoms with Crippen LogP contribution >= 0.6 is 0 Å². The molecule has 0 radical (unpaired) electrons. The Labute approximate surface area is 143 Å². The van der Waals surface area contributed by atoms with Crippen molar-refractivity contribution < 1.29 is 14.1 Å². The second-order valence-electron chi connectivity index (χ2n) is 6.38. The lowest BCUT2D eigenvalue weighted by Crippen LogP contribution is -2.25. The molecule has 0 bridgehead atoms. The highest BCUT2D eigenvalue weighted by atomic mass is 16.5. The molecule has 0 saturated heterocycles. The van der Waals surface area contributed by atoms with E-state index in [9.17, 15) is 4.79 Å². The second kappa shape index (κ2) is 9.54. The second-order valence-corrected chi connectivity index (χ2v) is 6.38. The summed E-state index contributed by atoms with van der Waals surface area (Å²) in [7, 11) is 2.09. The standard InChI is InChI=1S/C17H28N4O3/c1-13(2)23-12-4-9-18-15(22)5-6-16-19-17(20-24-16)14-7-10-21(3)11-8-14/h7,13H,4-6,8-12H2,1-3H3,(H,18,22). The van der Waals surface area contributed by atoms with Gasteiger partial charge in [-0.2, -0.15) is 4.98 Å². The van der Waals surface area contributed by atoms with E-state index in [1.807, 2.05) is 13.8 Å². The molecule has 1 aliphatic rings. The summed E-state index contributed by atoms with van der Waals surface area (Å²) in [6, 6.07) is 0. The van der Waals surface area contributed by atoms with Crippen LogP contribution in [-0.4, -0.2) is 60.3 Å². The van der Waals surface area contributed by atoms with Gasteiger partial charge in [-0.25, -0.2) is 0 Å². The predicted molar refractivity (Wildman–Crippen MR) is 91.4 cm³/mol. The van der Waals surface area contributed by atoms with Crippen molar-refractivity contribution >= 4 is 11.5 Å². The minimum atomic E-state index is -0.00203. The van der Waals surface area contributed by atoms with Crippen LogP contribution in [-0.2, 0) is 16.0 Å². The number of likely N-dealkylation sites (N-methyl/N-ethyl adjacent to an activating group) is 1. The Balaban J connectivity index is 1.66. The molecule has 2 rings (SSSR count). The molecule has 1 aromatic rings. The van der Waals surface area contributed by atoms with Gasteiger partial charge in [-0.15, -0.1) is 0 Å². The van der Waals surface area contributed by atoms with Crippen molar-refractivity contribution in [1.29, 1.82) is 0 Å². The van der Waals surface area contributed by atoms with Crippen molar-refractivity contribution in [1.82, 2.24) is 20.4 Å². The van der Waals surface area contributed by atoms with Crippen LogP contribution < -0.4 is 5.32 Å². The van der Waals surface area contributed by atoms with Crippen LogP contribution in [0.5, 0.6) is 0 Å². The highest BCUT2D eigenvalue weighted by molar-refractivity contribution is 5.75. The van der Waals surface area contributed by atoms with Gasteiger partial charge in [0.05, 0.1) is 6.10 Å². The fourth-order valence-corrected chi connectivity index (χ4v) is 2.39. The van der Waals surface area contributed by atoms with Crippen LogP contribution in [0.15, 0.2) is 10.6 Å². The first-order valence-corrected chi connectivity index (χ1v) is 8.63. The van der Waals surface area contributed by atoms with Crippen LogP contribution in [0.25, 0.3) is 5.57 Å². The van der Waals surface area contributed by atoms with E-state index in [2.05, 4.69) is 33.5 Å². The molecule has 1 aliphatic heterocycles. The zero-order valence-corrected chi connectivity index (χ0v) is 14.9.